The van der Waals surface area contributed by atoms with Gasteiger partial charge in [0.05, 0.1) is 42.7 Å². The number of urea groups is 1. The SMILES string of the molecule is CCn1cc([C@@H]2CS(=O)(=O)CCN2C(=O)Nc2ccc(OC)nc2)cn1. The molecule has 1 atom stereocenters. The lowest BCUT2D eigenvalue weighted by Crippen LogP contribution is -2.47. The highest BCUT2D eigenvalue weighted by Gasteiger charge is 2.36. The minimum atomic E-state index is -3.21. The van der Waals surface area contributed by atoms with Crippen LogP contribution in [0.2, 0.25) is 0 Å². The predicted molar refractivity (Wildman–Crippen MR) is 95.8 cm³/mol. The Balaban J connectivity index is 1.81. The summed E-state index contributed by atoms with van der Waals surface area (Å²) in [5.74, 6) is 0.271. The van der Waals surface area contributed by atoms with E-state index in [2.05, 4.69) is 15.4 Å². The molecule has 26 heavy (non-hydrogen) atoms. The Labute approximate surface area is 151 Å². The lowest BCUT2D eigenvalue weighted by molar-refractivity contribution is 0.195. The number of methoxy groups -OCH3 is 1. The van der Waals surface area contributed by atoms with E-state index in [1.807, 2.05) is 6.92 Å². The number of hydrogen-bond donors (Lipinski definition) is 1. The zero-order valence-electron chi connectivity index (χ0n) is 14.6. The van der Waals surface area contributed by atoms with E-state index in [9.17, 15) is 13.2 Å². The maximum absolute atomic E-state index is 12.7. The normalized spacial score (nSPS) is 19.2. The van der Waals surface area contributed by atoms with Crippen LogP contribution < -0.4 is 10.1 Å². The topological polar surface area (TPSA) is 106 Å². The molecule has 140 valence electrons. The minimum absolute atomic E-state index is 0.0559. The summed E-state index contributed by atoms with van der Waals surface area (Å²) in [6.45, 7) is 2.73. The van der Waals surface area contributed by atoms with Crippen molar-refractivity contribution in [1.29, 1.82) is 0 Å². The van der Waals surface area contributed by atoms with Crippen LogP contribution in [0, 0.1) is 0 Å². The molecule has 1 fully saturated rings. The van der Waals surface area contributed by atoms with Crippen LogP contribution in [0.25, 0.3) is 0 Å². The van der Waals surface area contributed by atoms with E-state index < -0.39 is 15.9 Å². The van der Waals surface area contributed by atoms with Crippen LogP contribution in [0.5, 0.6) is 5.88 Å². The Hall–Kier alpha value is -2.62. The van der Waals surface area contributed by atoms with E-state index in [1.165, 1.54) is 18.2 Å². The Morgan fingerprint density at radius 1 is 1.38 bits per heavy atom. The third kappa shape index (κ3) is 3.96. The number of aromatic nitrogens is 3. The van der Waals surface area contributed by atoms with Crippen molar-refractivity contribution in [2.45, 2.75) is 19.5 Å². The average molecular weight is 379 g/mol. The molecule has 0 radical (unpaired) electrons. The van der Waals surface area contributed by atoms with Crippen LogP contribution >= 0.6 is 0 Å². The summed E-state index contributed by atoms with van der Waals surface area (Å²) >= 11 is 0. The second kappa shape index (κ2) is 7.32. The zero-order valence-corrected chi connectivity index (χ0v) is 15.4. The van der Waals surface area contributed by atoms with Crippen molar-refractivity contribution < 1.29 is 17.9 Å². The highest BCUT2D eigenvalue weighted by Crippen LogP contribution is 2.27. The van der Waals surface area contributed by atoms with Crippen LogP contribution in [-0.2, 0) is 16.4 Å². The summed E-state index contributed by atoms with van der Waals surface area (Å²) in [6, 6.07) is 2.37. The number of carbonyl (C=O) groups excluding carboxylic acids is 1. The van der Waals surface area contributed by atoms with Crippen molar-refractivity contribution >= 4 is 21.6 Å². The lowest BCUT2D eigenvalue weighted by atomic mass is 10.1. The lowest BCUT2D eigenvalue weighted by Gasteiger charge is -2.34. The van der Waals surface area contributed by atoms with Crippen molar-refractivity contribution in [2.75, 3.05) is 30.5 Å². The van der Waals surface area contributed by atoms with Crippen molar-refractivity contribution in [3.8, 4) is 5.88 Å². The number of anilines is 1. The number of hydrogen-bond acceptors (Lipinski definition) is 6. The minimum Gasteiger partial charge on any atom is -0.481 e. The number of ether oxygens (including phenoxy) is 1. The van der Waals surface area contributed by atoms with Gasteiger partial charge in [0, 0.05) is 30.9 Å². The molecule has 0 aliphatic carbocycles. The van der Waals surface area contributed by atoms with E-state index in [4.69, 9.17) is 4.74 Å². The number of nitrogens with zero attached hydrogens (tertiary/aromatic N) is 4. The molecular formula is C16H21N5O4S. The molecule has 9 nitrogen and oxygen atoms in total. The van der Waals surface area contributed by atoms with Crippen molar-refractivity contribution in [1.82, 2.24) is 19.7 Å². The van der Waals surface area contributed by atoms with Gasteiger partial charge in [-0.15, -0.1) is 0 Å². The van der Waals surface area contributed by atoms with Crippen LogP contribution in [0.4, 0.5) is 10.5 Å². The zero-order chi connectivity index (χ0) is 18.7. The summed E-state index contributed by atoms with van der Waals surface area (Å²) in [7, 11) is -1.70. The van der Waals surface area contributed by atoms with Gasteiger partial charge >= 0.3 is 6.03 Å². The third-order valence-corrected chi connectivity index (χ3v) is 5.88. The van der Waals surface area contributed by atoms with Gasteiger partial charge in [-0.1, -0.05) is 0 Å². The Morgan fingerprint density at radius 2 is 2.19 bits per heavy atom. The molecule has 2 aromatic heterocycles. The Bertz CT molecular complexity index is 878. The largest absolute Gasteiger partial charge is 0.481 e. The van der Waals surface area contributed by atoms with Crippen molar-refractivity contribution in [3.05, 3.63) is 36.3 Å². The van der Waals surface area contributed by atoms with Gasteiger partial charge in [-0.25, -0.2) is 18.2 Å². The van der Waals surface area contributed by atoms with Gasteiger partial charge in [0.1, 0.15) is 0 Å². The fourth-order valence-corrected chi connectivity index (χ4v) is 4.32. The van der Waals surface area contributed by atoms with Crippen LogP contribution in [0.1, 0.15) is 18.5 Å². The maximum atomic E-state index is 12.7. The molecule has 0 unspecified atom stereocenters. The van der Waals surface area contributed by atoms with Crippen LogP contribution in [0.15, 0.2) is 30.7 Å². The first-order valence-corrected chi connectivity index (χ1v) is 10.0. The van der Waals surface area contributed by atoms with E-state index in [0.717, 1.165) is 0 Å². The fourth-order valence-electron chi connectivity index (χ4n) is 2.82. The van der Waals surface area contributed by atoms with E-state index in [-0.39, 0.29) is 24.1 Å². The van der Waals surface area contributed by atoms with Crippen molar-refractivity contribution in [2.24, 2.45) is 0 Å². The van der Waals surface area contributed by atoms with Gasteiger partial charge < -0.3 is 15.0 Å². The van der Waals surface area contributed by atoms with Crippen LogP contribution in [0.3, 0.4) is 0 Å². The molecule has 0 saturated carbocycles. The summed E-state index contributed by atoms with van der Waals surface area (Å²) in [4.78, 5) is 18.3. The molecule has 3 rings (SSSR count). The molecule has 10 heteroatoms. The first-order chi connectivity index (χ1) is 12.4. The van der Waals surface area contributed by atoms with Gasteiger partial charge in [-0.2, -0.15) is 5.10 Å². The number of sulfone groups is 1. The van der Waals surface area contributed by atoms with Crippen molar-refractivity contribution in [3.63, 3.8) is 0 Å². The molecule has 1 aliphatic heterocycles. The number of rotatable bonds is 4. The van der Waals surface area contributed by atoms with Gasteiger partial charge in [0.2, 0.25) is 5.88 Å². The molecule has 0 bridgehead atoms. The first-order valence-electron chi connectivity index (χ1n) is 8.22. The number of pyridine rings is 1. The van der Waals surface area contributed by atoms with Crippen LogP contribution in [-0.4, -0.2) is 59.3 Å². The molecule has 1 saturated heterocycles. The number of nitrogens with one attached hydrogen (secondary N) is 1. The molecular weight excluding hydrogens is 358 g/mol. The summed E-state index contributed by atoms with van der Waals surface area (Å²) < 4.78 is 30.9. The van der Waals surface area contributed by atoms with Gasteiger partial charge in [0.25, 0.3) is 0 Å². The highest BCUT2D eigenvalue weighted by molar-refractivity contribution is 7.91. The van der Waals surface area contributed by atoms with Gasteiger partial charge in [-0.3, -0.25) is 4.68 Å². The average Bonchev–Trinajstić information content (AvgIpc) is 3.10. The number of amides is 2. The van der Waals surface area contributed by atoms with E-state index in [1.54, 1.807) is 29.2 Å². The number of carbonyl (C=O) groups is 1. The Morgan fingerprint density at radius 3 is 2.81 bits per heavy atom. The maximum Gasteiger partial charge on any atom is 0.322 e. The summed E-state index contributed by atoms with van der Waals surface area (Å²) in [6.07, 6.45) is 4.88. The molecule has 0 spiro atoms. The molecule has 1 N–H and O–H groups in total. The monoisotopic (exact) mass is 379 g/mol. The highest BCUT2D eigenvalue weighted by atomic mass is 32.2. The standard InChI is InChI=1S/C16H21N5O4S/c1-3-20-10-12(8-18-20)14-11-26(23,24)7-6-21(14)16(22)19-13-4-5-15(25-2)17-9-13/h4-5,8-10,14H,3,6-7,11H2,1-2H3,(H,19,22)/t14-/m0/s1. The van der Waals surface area contributed by atoms with Gasteiger partial charge in [0.15, 0.2) is 9.84 Å². The first kappa shape index (κ1) is 18.2. The molecule has 1 aliphatic rings. The molecule has 2 aromatic rings. The Kier molecular flexibility index (Phi) is 5.12. The summed E-state index contributed by atoms with van der Waals surface area (Å²) in [5, 5.41) is 6.95. The second-order valence-electron chi connectivity index (χ2n) is 5.97. The fraction of sp³-hybridized carbons (Fsp3) is 0.438. The third-order valence-electron chi connectivity index (χ3n) is 4.25. The smallest absolute Gasteiger partial charge is 0.322 e. The van der Waals surface area contributed by atoms with Gasteiger partial charge in [-0.05, 0) is 13.0 Å². The predicted octanol–water partition coefficient (Wildman–Crippen LogP) is 1.31. The summed E-state index contributed by atoms with van der Waals surface area (Å²) in [5.41, 5.74) is 1.21. The van der Waals surface area contributed by atoms with E-state index >= 15 is 0 Å². The number of aryl methyl sites for hydroxylation is 1. The second-order valence-corrected chi connectivity index (χ2v) is 8.20. The quantitative estimate of drug-likeness (QED) is 0.858. The van der Waals surface area contributed by atoms with E-state index in [0.29, 0.717) is 23.7 Å². The molecule has 2 amide bonds. The molecule has 0 aromatic carbocycles. The molecule has 3 heterocycles.